The van der Waals surface area contributed by atoms with Crippen molar-refractivity contribution in [3.63, 3.8) is 0 Å². The lowest BCUT2D eigenvalue weighted by molar-refractivity contribution is -0.118. The van der Waals surface area contributed by atoms with Crippen LogP contribution in [0.3, 0.4) is 0 Å². The van der Waals surface area contributed by atoms with Gasteiger partial charge in [0.05, 0.1) is 5.60 Å². The number of aliphatic hydroxyl groups is 1. The highest BCUT2D eigenvalue weighted by Crippen LogP contribution is 2.65. The number of carbonyl (C=O) groups excluding carboxylic acids is 1. The van der Waals surface area contributed by atoms with Crippen LogP contribution in [0.2, 0.25) is 0 Å². The molecule has 0 spiro atoms. The summed E-state index contributed by atoms with van der Waals surface area (Å²) in [4.78, 5) is 11.8. The van der Waals surface area contributed by atoms with Gasteiger partial charge in [-0.05, 0) is 79.3 Å². The Hall–Kier alpha value is -0.890. The van der Waals surface area contributed by atoms with Crippen molar-refractivity contribution in [3.8, 4) is 0 Å². The molecular weight excluding hydrogens is 272 g/mol. The maximum absolute atomic E-state index is 11.8. The van der Waals surface area contributed by atoms with Crippen LogP contribution < -0.4 is 0 Å². The van der Waals surface area contributed by atoms with Gasteiger partial charge < -0.3 is 5.11 Å². The Morgan fingerprint density at radius 3 is 2.59 bits per heavy atom. The Bertz CT molecular complexity index is 585. The second kappa shape index (κ2) is 4.35. The van der Waals surface area contributed by atoms with Crippen molar-refractivity contribution in [2.24, 2.45) is 28.6 Å². The average Bonchev–Trinajstić information content (AvgIpc) is 2.70. The van der Waals surface area contributed by atoms with Crippen LogP contribution in [0.5, 0.6) is 0 Å². The third-order valence-corrected chi connectivity index (χ3v) is 8.08. The molecule has 0 heterocycles. The summed E-state index contributed by atoms with van der Waals surface area (Å²) in [5.41, 5.74) is 0.970. The van der Waals surface area contributed by atoms with Gasteiger partial charge in [-0.3, -0.25) is 4.79 Å². The van der Waals surface area contributed by atoms with Crippen molar-refractivity contribution in [3.05, 3.63) is 23.8 Å². The van der Waals surface area contributed by atoms with Gasteiger partial charge in [0, 0.05) is 6.42 Å². The zero-order valence-corrected chi connectivity index (χ0v) is 14.1. The Balaban J connectivity index is 1.76. The quantitative estimate of drug-likeness (QED) is 0.733. The van der Waals surface area contributed by atoms with E-state index in [0.29, 0.717) is 30.0 Å². The molecule has 5 unspecified atom stereocenters. The SMILES string of the molecule is CC12CCC(=O)C=C1C=CC1C2CCC2(C)C1CC[C@]2(C)O. The summed E-state index contributed by atoms with van der Waals surface area (Å²) in [5.74, 6) is 2.10. The van der Waals surface area contributed by atoms with Gasteiger partial charge in [0.15, 0.2) is 5.78 Å². The molecule has 2 saturated carbocycles. The molecule has 2 fully saturated rings. The number of fused-ring (bicyclic) bond motifs is 5. The minimum Gasteiger partial charge on any atom is -0.390 e. The van der Waals surface area contributed by atoms with Gasteiger partial charge >= 0.3 is 0 Å². The second-order valence-electron chi connectivity index (χ2n) is 8.90. The van der Waals surface area contributed by atoms with Gasteiger partial charge in [-0.1, -0.05) is 26.0 Å². The van der Waals surface area contributed by atoms with Gasteiger partial charge in [0.1, 0.15) is 0 Å². The Kier molecular flexibility index (Phi) is 2.90. The first-order valence-electron chi connectivity index (χ1n) is 8.94. The first kappa shape index (κ1) is 14.7. The third-order valence-electron chi connectivity index (χ3n) is 8.08. The monoisotopic (exact) mass is 300 g/mol. The molecule has 0 bridgehead atoms. The van der Waals surface area contributed by atoms with Crippen LogP contribution in [0.15, 0.2) is 23.8 Å². The maximum atomic E-state index is 11.8. The van der Waals surface area contributed by atoms with Crippen LogP contribution in [0.1, 0.15) is 59.3 Å². The number of hydrogen-bond donors (Lipinski definition) is 1. The van der Waals surface area contributed by atoms with Gasteiger partial charge in [0.2, 0.25) is 0 Å². The van der Waals surface area contributed by atoms with E-state index < -0.39 is 5.60 Å². The summed E-state index contributed by atoms with van der Waals surface area (Å²) in [6, 6.07) is 0. The fourth-order valence-corrected chi connectivity index (χ4v) is 6.24. The molecule has 22 heavy (non-hydrogen) atoms. The molecule has 6 atom stereocenters. The second-order valence-corrected chi connectivity index (χ2v) is 8.90. The number of carbonyl (C=O) groups is 1. The van der Waals surface area contributed by atoms with E-state index in [9.17, 15) is 9.90 Å². The molecule has 0 saturated heterocycles. The van der Waals surface area contributed by atoms with Gasteiger partial charge in [-0.15, -0.1) is 0 Å². The van der Waals surface area contributed by atoms with E-state index in [0.717, 1.165) is 25.7 Å². The Morgan fingerprint density at radius 2 is 1.82 bits per heavy atom. The van der Waals surface area contributed by atoms with Crippen molar-refractivity contribution in [2.75, 3.05) is 0 Å². The lowest BCUT2D eigenvalue weighted by Crippen LogP contribution is -2.52. The Morgan fingerprint density at radius 1 is 1.09 bits per heavy atom. The Labute approximate surface area is 133 Å². The highest BCUT2D eigenvalue weighted by molar-refractivity contribution is 5.92. The number of hydrogen-bond acceptors (Lipinski definition) is 2. The molecule has 4 aliphatic carbocycles. The van der Waals surface area contributed by atoms with E-state index in [1.807, 2.05) is 13.0 Å². The molecule has 0 aromatic heterocycles. The maximum Gasteiger partial charge on any atom is 0.156 e. The molecule has 1 N–H and O–H groups in total. The predicted molar refractivity (Wildman–Crippen MR) is 87.2 cm³/mol. The zero-order chi connectivity index (χ0) is 15.8. The van der Waals surface area contributed by atoms with Crippen LogP contribution in [0.4, 0.5) is 0 Å². The van der Waals surface area contributed by atoms with E-state index in [1.165, 1.54) is 12.0 Å². The molecular formula is C20H28O2. The normalized spacial score (nSPS) is 53.5. The van der Waals surface area contributed by atoms with E-state index in [1.54, 1.807) is 0 Å². The summed E-state index contributed by atoms with van der Waals surface area (Å²) in [6.45, 7) is 6.74. The molecule has 2 nitrogen and oxygen atoms in total. The molecule has 120 valence electrons. The predicted octanol–water partition coefficient (Wildman–Crippen LogP) is 4.05. The molecule has 0 aliphatic heterocycles. The summed E-state index contributed by atoms with van der Waals surface area (Å²) in [7, 11) is 0. The molecule has 0 radical (unpaired) electrons. The van der Waals surface area contributed by atoms with E-state index in [-0.39, 0.29) is 10.8 Å². The fourth-order valence-electron chi connectivity index (χ4n) is 6.24. The van der Waals surface area contributed by atoms with Crippen molar-refractivity contribution in [1.82, 2.24) is 0 Å². The summed E-state index contributed by atoms with van der Waals surface area (Å²) in [6.07, 6.45) is 12.6. The molecule has 4 aliphatic rings. The zero-order valence-electron chi connectivity index (χ0n) is 14.1. The standard InChI is InChI=1S/C20H28O2/c1-18-9-6-14(21)12-13(18)4-5-15-16(18)7-10-19(2)17(15)8-11-20(19,3)22/h4-5,12,15-17,22H,6-11H2,1-3H3/t15?,16?,17?,18?,19?,20-/m0/s1. The summed E-state index contributed by atoms with van der Waals surface area (Å²) in [5, 5.41) is 10.9. The first-order valence-corrected chi connectivity index (χ1v) is 8.94. The van der Waals surface area contributed by atoms with Crippen LogP contribution in [-0.2, 0) is 4.79 Å². The largest absolute Gasteiger partial charge is 0.390 e. The number of rotatable bonds is 0. The summed E-state index contributed by atoms with van der Waals surface area (Å²) >= 11 is 0. The highest BCUT2D eigenvalue weighted by Gasteiger charge is 2.61. The number of ketones is 1. The molecule has 4 rings (SSSR count). The van der Waals surface area contributed by atoms with Crippen LogP contribution in [0, 0.1) is 28.6 Å². The van der Waals surface area contributed by atoms with Gasteiger partial charge in [0.25, 0.3) is 0 Å². The molecule has 0 amide bonds. The van der Waals surface area contributed by atoms with E-state index >= 15 is 0 Å². The smallest absolute Gasteiger partial charge is 0.156 e. The molecule has 2 heteroatoms. The van der Waals surface area contributed by atoms with Gasteiger partial charge in [-0.2, -0.15) is 0 Å². The van der Waals surface area contributed by atoms with Gasteiger partial charge in [-0.25, -0.2) is 0 Å². The van der Waals surface area contributed by atoms with Crippen molar-refractivity contribution in [2.45, 2.75) is 64.9 Å². The van der Waals surface area contributed by atoms with Crippen LogP contribution in [0.25, 0.3) is 0 Å². The highest BCUT2D eigenvalue weighted by atomic mass is 16.3. The summed E-state index contributed by atoms with van der Waals surface area (Å²) < 4.78 is 0. The lowest BCUT2D eigenvalue weighted by Gasteiger charge is -2.56. The van der Waals surface area contributed by atoms with Crippen LogP contribution in [-0.4, -0.2) is 16.5 Å². The topological polar surface area (TPSA) is 37.3 Å². The third kappa shape index (κ3) is 1.68. The molecule has 0 aromatic rings. The number of allylic oxidation sites excluding steroid dienone is 4. The fraction of sp³-hybridized carbons (Fsp3) is 0.750. The minimum atomic E-state index is -0.518. The minimum absolute atomic E-state index is 0.0561. The molecule has 0 aromatic carbocycles. The van der Waals surface area contributed by atoms with E-state index in [2.05, 4.69) is 26.0 Å². The van der Waals surface area contributed by atoms with E-state index in [4.69, 9.17) is 0 Å². The first-order chi connectivity index (χ1) is 10.3. The van der Waals surface area contributed by atoms with Crippen molar-refractivity contribution in [1.29, 1.82) is 0 Å². The van der Waals surface area contributed by atoms with Crippen molar-refractivity contribution < 1.29 is 9.90 Å². The van der Waals surface area contributed by atoms with Crippen molar-refractivity contribution >= 4 is 5.78 Å². The lowest BCUT2D eigenvalue weighted by atomic mass is 9.48. The van der Waals surface area contributed by atoms with Crippen LogP contribution >= 0.6 is 0 Å². The average molecular weight is 300 g/mol.